The smallest absolute Gasteiger partial charge is 0.317 e. The predicted octanol–water partition coefficient (Wildman–Crippen LogP) is 1.49. The number of likely N-dealkylation sites (tertiary alicyclic amines) is 1. The van der Waals surface area contributed by atoms with E-state index in [1.54, 1.807) is 0 Å². The minimum Gasteiger partial charge on any atom is -0.393 e. The summed E-state index contributed by atoms with van der Waals surface area (Å²) < 4.78 is 0. The molecule has 0 aromatic carbocycles. The number of hydrogen-bond acceptors (Lipinski definition) is 2. The van der Waals surface area contributed by atoms with E-state index >= 15 is 0 Å². The van der Waals surface area contributed by atoms with E-state index in [1.807, 2.05) is 11.8 Å². The maximum absolute atomic E-state index is 11.8. The van der Waals surface area contributed by atoms with Crippen LogP contribution < -0.4 is 11.1 Å². The zero-order chi connectivity index (χ0) is 12.0. The normalized spacial score (nSPS) is 18.7. The molecule has 1 atom stereocenters. The van der Waals surface area contributed by atoms with Gasteiger partial charge in [-0.15, -0.1) is 0 Å². The summed E-state index contributed by atoms with van der Waals surface area (Å²) in [5.41, 5.74) is 5.49. The molecule has 0 radical (unpaired) electrons. The Morgan fingerprint density at radius 1 is 1.38 bits per heavy atom. The minimum atomic E-state index is 0.0185. The summed E-state index contributed by atoms with van der Waals surface area (Å²) in [6.07, 6.45) is 4.68. The molecule has 92 valence electrons. The second-order valence-electron chi connectivity index (χ2n) is 4.39. The van der Waals surface area contributed by atoms with Crippen LogP contribution in [0, 0.1) is 5.92 Å². The van der Waals surface area contributed by atoms with Crippen LogP contribution in [0.25, 0.3) is 0 Å². The largest absolute Gasteiger partial charge is 0.393 e. The van der Waals surface area contributed by atoms with Gasteiger partial charge in [0.1, 0.15) is 0 Å². The number of hydrogen-bond donors (Lipinski definition) is 2. The first-order chi connectivity index (χ1) is 7.61. The first-order valence-electron chi connectivity index (χ1n) is 5.93. The third-order valence-electron chi connectivity index (χ3n) is 2.94. The second-order valence-corrected chi connectivity index (χ2v) is 4.86. The summed E-state index contributed by atoms with van der Waals surface area (Å²) in [6, 6.07) is 0.0185. The molecule has 0 saturated carbocycles. The molecule has 1 saturated heterocycles. The fourth-order valence-corrected chi connectivity index (χ4v) is 1.81. The fraction of sp³-hybridized carbons (Fsp3) is 0.818. The lowest BCUT2D eigenvalue weighted by atomic mass is 10.2. The summed E-state index contributed by atoms with van der Waals surface area (Å²) in [5.74, 6) is 0.0610. The van der Waals surface area contributed by atoms with E-state index < -0.39 is 0 Å². The molecule has 1 unspecified atom stereocenters. The monoisotopic (exact) mass is 243 g/mol. The van der Waals surface area contributed by atoms with Crippen molar-refractivity contribution in [2.24, 2.45) is 11.7 Å². The highest BCUT2D eigenvalue weighted by atomic mass is 32.1. The van der Waals surface area contributed by atoms with Gasteiger partial charge >= 0.3 is 6.03 Å². The number of urea groups is 1. The van der Waals surface area contributed by atoms with Gasteiger partial charge in [-0.1, -0.05) is 32.0 Å². The van der Waals surface area contributed by atoms with Crippen molar-refractivity contribution in [1.82, 2.24) is 10.2 Å². The summed E-state index contributed by atoms with van der Waals surface area (Å²) in [7, 11) is 0. The highest BCUT2D eigenvalue weighted by Crippen LogP contribution is 2.09. The Hall–Kier alpha value is -0.840. The summed E-state index contributed by atoms with van der Waals surface area (Å²) in [5, 5.41) is 2.88. The number of carbonyl (C=O) groups excluding carboxylic acids is 1. The summed E-state index contributed by atoms with van der Waals surface area (Å²) >= 11 is 4.86. The van der Waals surface area contributed by atoms with Crippen molar-refractivity contribution < 1.29 is 4.79 Å². The maximum atomic E-state index is 11.8. The number of carbonyl (C=O) groups is 1. The number of nitrogens with one attached hydrogen (secondary N) is 1. The van der Waals surface area contributed by atoms with Gasteiger partial charge < -0.3 is 16.0 Å². The van der Waals surface area contributed by atoms with Crippen molar-refractivity contribution in [2.45, 2.75) is 32.6 Å². The fourth-order valence-electron chi connectivity index (χ4n) is 1.73. The third kappa shape index (κ3) is 4.35. The van der Waals surface area contributed by atoms with E-state index in [-0.39, 0.29) is 11.9 Å². The molecule has 0 aromatic rings. The van der Waals surface area contributed by atoms with Crippen LogP contribution in [-0.2, 0) is 0 Å². The molecule has 0 spiro atoms. The van der Waals surface area contributed by atoms with Gasteiger partial charge in [-0.3, -0.25) is 0 Å². The zero-order valence-electron chi connectivity index (χ0n) is 9.87. The van der Waals surface area contributed by atoms with Gasteiger partial charge in [-0.05, 0) is 12.8 Å². The van der Waals surface area contributed by atoms with Crippen molar-refractivity contribution in [3.8, 4) is 0 Å². The van der Waals surface area contributed by atoms with E-state index in [1.165, 1.54) is 12.8 Å². The quantitative estimate of drug-likeness (QED) is 0.738. The Morgan fingerprint density at radius 2 is 1.94 bits per heavy atom. The molecule has 5 heteroatoms. The maximum Gasteiger partial charge on any atom is 0.317 e. The Labute approximate surface area is 103 Å². The molecule has 16 heavy (non-hydrogen) atoms. The Kier molecular flexibility index (Phi) is 5.52. The van der Waals surface area contributed by atoms with E-state index in [0.717, 1.165) is 25.9 Å². The van der Waals surface area contributed by atoms with Gasteiger partial charge in [0.15, 0.2) is 0 Å². The lowest BCUT2D eigenvalue weighted by Gasteiger charge is -2.21. The van der Waals surface area contributed by atoms with Crippen LogP contribution in [0.5, 0.6) is 0 Å². The zero-order valence-corrected chi connectivity index (χ0v) is 10.7. The number of nitrogens with two attached hydrogens (primary N) is 1. The summed E-state index contributed by atoms with van der Waals surface area (Å²) in [6.45, 7) is 4.19. The molecule has 1 rings (SSSR count). The first kappa shape index (κ1) is 13.2. The minimum absolute atomic E-state index is 0.0185. The van der Waals surface area contributed by atoms with Crippen molar-refractivity contribution in [3.05, 3.63) is 0 Å². The van der Waals surface area contributed by atoms with Gasteiger partial charge in [0.2, 0.25) is 0 Å². The van der Waals surface area contributed by atoms with Crippen LogP contribution in [-0.4, -0.2) is 35.6 Å². The van der Waals surface area contributed by atoms with Crippen molar-refractivity contribution in [3.63, 3.8) is 0 Å². The lowest BCUT2D eigenvalue weighted by molar-refractivity contribution is 0.199. The number of amides is 2. The molecule has 1 aliphatic rings. The van der Waals surface area contributed by atoms with Crippen molar-refractivity contribution in [2.75, 3.05) is 19.6 Å². The average Bonchev–Trinajstić information content (AvgIpc) is 2.53. The van der Waals surface area contributed by atoms with Crippen LogP contribution in [0.1, 0.15) is 32.6 Å². The Balaban J connectivity index is 2.30. The van der Waals surface area contributed by atoms with Gasteiger partial charge in [0, 0.05) is 25.6 Å². The molecule has 0 aromatic heterocycles. The van der Waals surface area contributed by atoms with E-state index in [0.29, 0.717) is 11.5 Å². The van der Waals surface area contributed by atoms with Gasteiger partial charge in [-0.2, -0.15) is 0 Å². The number of thiocarbonyl (C=S) groups is 1. The molecule has 3 N–H and O–H groups in total. The molecular formula is C11H21N3OS. The van der Waals surface area contributed by atoms with Crippen LogP contribution in [0.3, 0.4) is 0 Å². The van der Waals surface area contributed by atoms with Crippen LogP contribution >= 0.6 is 12.2 Å². The predicted molar refractivity (Wildman–Crippen MR) is 69.4 cm³/mol. The SMILES string of the molecule is CC(CNC(=O)N1CCCCCC1)C(N)=S. The molecule has 1 fully saturated rings. The highest BCUT2D eigenvalue weighted by Gasteiger charge is 2.16. The van der Waals surface area contributed by atoms with Crippen molar-refractivity contribution >= 4 is 23.2 Å². The van der Waals surface area contributed by atoms with Crippen LogP contribution in [0.4, 0.5) is 4.79 Å². The molecule has 0 aliphatic carbocycles. The Morgan fingerprint density at radius 3 is 2.44 bits per heavy atom. The van der Waals surface area contributed by atoms with E-state index in [2.05, 4.69) is 5.32 Å². The Bertz CT molecular complexity index is 250. The molecule has 0 bridgehead atoms. The van der Waals surface area contributed by atoms with Crippen LogP contribution in [0.15, 0.2) is 0 Å². The van der Waals surface area contributed by atoms with Gasteiger partial charge in [0.25, 0.3) is 0 Å². The second kappa shape index (κ2) is 6.68. The lowest BCUT2D eigenvalue weighted by Crippen LogP contribution is -2.43. The molecule has 2 amide bonds. The molecule has 4 nitrogen and oxygen atoms in total. The molecule has 1 aliphatic heterocycles. The topological polar surface area (TPSA) is 58.4 Å². The standard InChI is InChI=1S/C11H21N3OS/c1-9(10(12)16)8-13-11(15)14-6-4-2-3-5-7-14/h9H,2-8H2,1H3,(H2,12,16)(H,13,15). The van der Waals surface area contributed by atoms with E-state index in [4.69, 9.17) is 18.0 Å². The van der Waals surface area contributed by atoms with Gasteiger partial charge in [0.05, 0.1) is 4.99 Å². The summed E-state index contributed by atoms with van der Waals surface area (Å²) in [4.78, 5) is 14.2. The van der Waals surface area contributed by atoms with Crippen LogP contribution in [0.2, 0.25) is 0 Å². The van der Waals surface area contributed by atoms with Crippen molar-refractivity contribution in [1.29, 1.82) is 0 Å². The van der Waals surface area contributed by atoms with Gasteiger partial charge in [-0.25, -0.2) is 4.79 Å². The van der Waals surface area contributed by atoms with E-state index in [9.17, 15) is 4.79 Å². The number of nitrogens with zero attached hydrogens (tertiary/aromatic N) is 1. The molecular weight excluding hydrogens is 222 g/mol. The highest BCUT2D eigenvalue weighted by molar-refractivity contribution is 7.80. The molecule has 1 heterocycles. The third-order valence-corrected chi connectivity index (χ3v) is 3.34. The average molecular weight is 243 g/mol. The first-order valence-corrected chi connectivity index (χ1v) is 6.34. The number of rotatable bonds is 3.